The van der Waals surface area contributed by atoms with E-state index in [-0.39, 0.29) is 17.9 Å². The van der Waals surface area contributed by atoms with Crippen molar-refractivity contribution in [2.75, 3.05) is 19.7 Å². The molecule has 1 heterocycles. The summed E-state index contributed by atoms with van der Waals surface area (Å²) in [6, 6.07) is 7.97. The van der Waals surface area contributed by atoms with Crippen molar-refractivity contribution in [1.82, 2.24) is 10.6 Å². The molecule has 2 N–H and O–H groups in total. The Labute approximate surface area is 120 Å². The van der Waals surface area contributed by atoms with Gasteiger partial charge in [-0.1, -0.05) is 17.7 Å². The fraction of sp³-hybridized carbons (Fsp3) is 0.562. The lowest BCUT2D eigenvalue weighted by Crippen LogP contribution is -2.45. The quantitative estimate of drug-likeness (QED) is 0.863. The van der Waals surface area contributed by atoms with Crippen LogP contribution in [0.4, 0.5) is 0 Å². The van der Waals surface area contributed by atoms with E-state index in [2.05, 4.69) is 10.6 Å². The summed E-state index contributed by atoms with van der Waals surface area (Å²) in [5.74, 6) is 1.08. The molecule has 0 spiro atoms. The Morgan fingerprint density at radius 3 is 2.85 bits per heavy atom. The smallest absolute Gasteiger partial charge is 0.224 e. The lowest BCUT2D eigenvalue weighted by molar-refractivity contribution is -0.126. The zero-order valence-corrected chi connectivity index (χ0v) is 12.3. The summed E-state index contributed by atoms with van der Waals surface area (Å²) in [5, 5.41) is 6.29. The molecule has 4 nitrogen and oxygen atoms in total. The minimum absolute atomic E-state index is 0.0192. The minimum Gasteiger partial charge on any atom is -0.491 e. The Kier molecular flexibility index (Phi) is 5.41. The number of nitrogens with one attached hydrogen (secondary N) is 2. The molecule has 1 saturated heterocycles. The van der Waals surface area contributed by atoms with Gasteiger partial charge in [-0.3, -0.25) is 4.79 Å². The van der Waals surface area contributed by atoms with E-state index in [1.54, 1.807) is 0 Å². The average molecular weight is 276 g/mol. The molecule has 0 radical (unpaired) electrons. The van der Waals surface area contributed by atoms with Crippen molar-refractivity contribution in [2.24, 2.45) is 5.92 Å². The molecular formula is C16H24N2O2. The van der Waals surface area contributed by atoms with Crippen LogP contribution in [-0.2, 0) is 4.79 Å². The van der Waals surface area contributed by atoms with Gasteiger partial charge in [0.05, 0.1) is 12.0 Å². The van der Waals surface area contributed by atoms with Crippen LogP contribution in [0.5, 0.6) is 5.75 Å². The van der Waals surface area contributed by atoms with Gasteiger partial charge in [-0.15, -0.1) is 0 Å². The number of benzene rings is 1. The predicted molar refractivity (Wildman–Crippen MR) is 79.9 cm³/mol. The zero-order valence-electron chi connectivity index (χ0n) is 12.3. The van der Waals surface area contributed by atoms with Crippen LogP contribution in [-0.4, -0.2) is 31.6 Å². The van der Waals surface area contributed by atoms with Gasteiger partial charge in [0.2, 0.25) is 5.91 Å². The van der Waals surface area contributed by atoms with Crippen molar-refractivity contribution < 1.29 is 9.53 Å². The first kappa shape index (κ1) is 14.9. The van der Waals surface area contributed by atoms with E-state index in [4.69, 9.17) is 4.74 Å². The molecule has 1 unspecified atom stereocenters. The summed E-state index contributed by atoms with van der Waals surface area (Å²) >= 11 is 0. The van der Waals surface area contributed by atoms with Crippen molar-refractivity contribution in [3.63, 3.8) is 0 Å². The Hall–Kier alpha value is -1.55. The fourth-order valence-corrected chi connectivity index (χ4v) is 2.33. The van der Waals surface area contributed by atoms with Crippen molar-refractivity contribution in [3.05, 3.63) is 29.8 Å². The van der Waals surface area contributed by atoms with Gasteiger partial charge < -0.3 is 15.4 Å². The lowest BCUT2D eigenvalue weighted by atomic mass is 9.98. The molecule has 2 rings (SSSR count). The number of ether oxygens (including phenoxy) is 1. The first-order valence-corrected chi connectivity index (χ1v) is 7.35. The van der Waals surface area contributed by atoms with E-state index in [0.29, 0.717) is 6.61 Å². The monoisotopic (exact) mass is 276 g/mol. The Bertz CT molecular complexity index is 425. The molecule has 110 valence electrons. The highest BCUT2D eigenvalue weighted by atomic mass is 16.5. The van der Waals surface area contributed by atoms with E-state index in [1.807, 2.05) is 38.1 Å². The third-order valence-corrected chi connectivity index (χ3v) is 3.58. The Balaban J connectivity index is 1.73. The van der Waals surface area contributed by atoms with Gasteiger partial charge in [-0.05, 0) is 45.4 Å². The fourth-order valence-electron chi connectivity index (χ4n) is 2.33. The van der Waals surface area contributed by atoms with Crippen molar-refractivity contribution >= 4 is 5.91 Å². The second kappa shape index (κ2) is 7.29. The summed E-state index contributed by atoms with van der Waals surface area (Å²) < 4.78 is 5.68. The van der Waals surface area contributed by atoms with Gasteiger partial charge in [-0.2, -0.15) is 0 Å². The molecular weight excluding hydrogens is 252 g/mol. The highest BCUT2D eigenvalue weighted by molar-refractivity contribution is 5.79. The Morgan fingerprint density at radius 1 is 1.45 bits per heavy atom. The lowest BCUT2D eigenvalue weighted by Gasteiger charge is -2.24. The number of piperidine rings is 1. The topological polar surface area (TPSA) is 50.4 Å². The second-order valence-corrected chi connectivity index (χ2v) is 5.58. The first-order chi connectivity index (χ1) is 9.65. The first-order valence-electron chi connectivity index (χ1n) is 7.35. The van der Waals surface area contributed by atoms with Gasteiger partial charge in [0, 0.05) is 6.54 Å². The van der Waals surface area contributed by atoms with Gasteiger partial charge in [0.15, 0.2) is 0 Å². The van der Waals surface area contributed by atoms with Crippen LogP contribution >= 0.6 is 0 Å². The van der Waals surface area contributed by atoms with Crippen molar-refractivity contribution in [3.8, 4) is 5.75 Å². The SMILES string of the molecule is Cc1ccc(OCC(C)NC(=O)[C@H]2CCCNC2)cc1. The summed E-state index contributed by atoms with van der Waals surface area (Å²) in [6.07, 6.45) is 2.05. The van der Waals surface area contributed by atoms with E-state index >= 15 is 0 Å². The summed E-state index contributed by atoms with van der Waals surface area (Å²) in [7, 11) is 0. The maximum absolute atomic E-state index is 12.1. The maximum Gasteiger partial charge on any atom is 0.224 e. The van der Waals surface area contributed by atoms with Gasteiger partial charge in [0.1, 0.15) is 12.4 Å². The molecule has 0 aliphatic carbocycles. The highest BCUT2D eigenvalue weighted by Crippen LogP contribution is 2.12. The normalized spacial score (nSPS) is 20.2. The van der Waals surface area contributed by atoms with E-state index in [9.17, 15) is 4.79 Å². The van der Waals surface area contributed by atoms with Crippen molar-refractivity contribution in [1.29, 1.82) is 0 Å². The molecule has 1 aliphatic heterocycles. The molecule has 1 amide bonds. The third-order valence-electron chi connectivity index (χ3n) is 3.58. The summed E-state index contributed by atoms with van der Waals surface area (Å²) in [4.78, 5) is 12.1. The molecule has 1 aromatic carbocycles. The van der Waals surface area contributed by atoms with E-state index < -0.39 is 0 Å². The number of carbonyl (C=O) groups excluding carboxylic acids is 1. The highest BCUT2D eigenvalue weighted by Gasteiger charge is 2.21. The number of carbonyl (C=O) groups is 1. The number of aryl methyl sites for hydroxylation is 1. The van der Waals surface area contributed by atoms with Gasteiger partial charge >= 0.3 is 0 Å². The molecule has 1 aliphatic rings. The van der Waals surface area contributed by atoms with E-state index in [0.717, 1.165) is 31.7 Å². The predicted octanol–water partition coefficient (Wildman–Crippen LogP) is 1.88. The summed E-state index contributed by atoms with van der Waals surface area (Å²) in [5.41, 5.74) is 1.21. The number of hydrogen-bond acceptors (Lipinski definition) is 3. The van der Waals surface area contributed by atoms with Crippen LogP contribution < -0.4 is 15.4 Å². The minimum atomic E-state index is 0.0192. The molecule has 4 heteroatoms. The molecule has 0 bridgehead atoms. The average Bonchev–Trinajstić information content (AvgIpc) is 2.47. The van der Waals surface area contributed by atoms with Crippen LogP contribution in [0, 0.1) is 12.8 Å². The molecule has 0 saturated carbocycles. The molecule has 20 heavy (non-hydrogen) atoms. The van der Waals surface area contributed by atoms with Crippen LogP contribution in [0.3, 0.4) is 0 Å². The molecule has 2 atom stereocenters. The number of rotatable bonds is 5. The van der Waals surface area contributed by atoms with Crippen LogP contribution in [0.2, 0.25) is 0 Å². The number of hydrogen-bond donors (Lipinski definition) is 2. The van der Waals surface area contributed by atoms with Crippen molar-refractivity contribution in [2.45, 2.75) is 32.7 Å². The zero-order chi connectivity index (χ0) is 14.4. The molecule has 1 aromatic rings. The van der Waals surface area contributed by atoms with Crippen LogP contribution in [0.1, 0.15) is 25.3 Å². The molecule has 1 fully saturated rings. The third kappa shape index (κ3) is 4.53. The summed E-state index contributed by atoms with van der Waals surface area (Å²) in [6.45, 7) is 6.33. The van der Waals surface area contributed by atoms with E-state index in [1.165, 1.54) is 5.56 Å². The molecule has 0 aromatic heterocycles. The standard InChI is InChI=1S/C16H24N2O2/c1-12-5-7-15(8-6-12)20-11-13(2)18-16(19)14-4-3-9-17-10-14/h5-8,13-14,17H,3-4,9-11H2,1-2H3,(H,18,19)/t13?,14-/m0/s1. The maximum atomic E-state index is 12.1. The largest absolute Gasteiger partial charge is 0.491 e. The van der Waals surface area contributed by atoms with Gasteiger partial charge in [0.25, 0.3) is 0 Å². The van der Waals surface area contributed by atoms with Crippen LogP contribution in [0.25, 0.3) is 0 Å². The Morgan fingerprint density at radius 2 is 2.20 bits per heavy atom. The number of amides is 1. The van der Waals surface area contributed by atoms with Crippen LogP contribution in [0.15, 0.2) is 24.3 Å². The second-order valence-electron chi connectivity index (χ2n) is 5.58. The van der Waals surface area contributed by atoms with Gasteiger partial charge in [-0.25, -0.2) is 0 Å².